The van der Waals surface area contributed by atoms with Gasteiger partial charge < -0.3 is 19.9 Å². The van der Waals surface area contributed by atoms with Gasteiger partial charge in [-0.1, -0.05) is 0 Å². The van der Waals surface area contributed by atoms with Gasteiger partial charge in [-0.15, -0.1) is 0 Å². The molecule has 0 saturated carbocycles. The molecule has 8 nitrogen and oxygen atoms in total. The Labute approximate surface area is 132 Å². The van der Waals surface area contributed by atoms with Gasteiger partial charge in [0.15, 0.2) is 11.5 Å². The van der Waals surface area contributed by atoms with Crippen LogP contribution in [0.4, 0.5) is 5.69 Å². The highest BCUT2D eigenvalue weighted by atomic mass is 16.5. The van der Waals surface area contributed by atoms with Crippen molar-refractivity contribution in [2.24, 2.45) is 7.05 Å². The lowest BCUT2D eigenvalue weighted by Crippen LogP contribution is -2.17. The normalized spacial score (nSPS) is 10.3. The number of benzene rings is 1. The van der Waals surface area contributed by atoms with E-state index in [2.05, 4.69) is 10.4 Å². The Morgan fingerprint density at radius 2 is 1.91 bits per heavy atom. The molecule has 0 radical (unpaired) electrons. The summed E-state index contributed by atoms with van der Waals surface area (Å²) >= 11 is 0. The molecule has 1 amide bonds. The third-order valence-electron chi connectivity index (χ3n) is 3.21. The number of nitrogens with one attached hydrogen (secondary N) is 1. The summed E-state index contributed by atoms with van der Waals surface area (Å²) in [4.78, 5) is 23.6. The lowest BCUT2D eigenvalue weighted by atomic mass is 10.1. The third-order valence-corrected chi connectivity index (χ3v) is 3.21. The number of amides is 1. The van der Waals surface area contributed by atoms with Gasteiger partial charge >= 0.3 is 5.97 Å². The van der Waals surface area contributed by atoms with Crippen LogP contribution in [-0.4, -0.2) is 41.0 Å². The van der Waals surface area contributed by atoms with Crippen molar-refractivity contribution in [3.63, 3.8) is 0 Å². The summed E-state index contributed by atoms with van der Waals surface area (Å²) in [6, 6.07) is 4.26. The fraction of sp³-hybridized carbons (Fsp3) is 0.267. The summed E-state index contributed by atoms with van der Waals surface area (Å²) < 4.78 is 11.8. The minimum Gasteiger partial charge on any atom is -0.493 e. The molecule has 0 atom stereocenters. The molecule has 1 heterocycles. The van der Waals surface area contributed by atoms with E-state index in [1.54, 1.807) is 20.0 Å². The highest BCUT2D eigenvalue weighted by molar-refractivity contribution is 6.05. The van der Waals surface area contributed by atoms with Crippen LogP contribution in [0.15, 0.2) is 18.2 Å². The lowest BCUT2D eigenvalue weighted by Gasteiger charge is -2.14. The molecule has 2 N–H and O–H groups in total. The average molecular weight is 319 g/mol. The maximum Gasteiger partial charge on any atom is 0.335 e. The Bertz CT molecular complexity index is 767. The van der Waals surface area contributed by atoms with Crippen LogP contribution in [0, 0.1) is 6.92 Å². The summed E-state index contributed by atoms with van der Waals surface area (Å²) in [6.07, 6.45) is 0. The quantitative estimate of drug-likeness (QED) is 0.869. The van der Waals surface area contributed by atoms with Gasteiger partial charge in [0.2, 0.25) is 0 Å². The standard InChI is InChI=1S/C15H17N3O5/c1-8-5-11(18(2)17-8)14(19)16-10-6-9(15(20)21)7-12(22-3)13(10)23-4/h5-7H,1-4H3,(H,16,19)(H,20,21). The SMILES string of the molecule is COc1cc(C(=O)O)cc(NC(=O)c2cc(C)nn2C)c1OC. The number of ether oxygens (including phenoxy) is 2. The van der Waals surface area contributed by atoms with Crippen molar-refractivity contribution in [3.8, 4) is 11.5 Å². The minimum atomic E-state index is -1.14. The summed E-state index contributed by atoms with van der Waals surface area (Å²) in [5.74, 6) is -1.12. The Morgan fingerprint density at radius 1 is 1.22 bits per heavy atom. The first-order valence-corrected chi connectivity index (χ1v) is 6.68. The molecule has 0 aliphatic heterocycles. The largest absolute Gasteiger partial charge is 0.493 e. The number of hydrogen-bond acceptors (Lipinski definition) is 5. The van der Waals surface area contributed by atoms with Crippen molar-refractivity contribution in [1.29, 1.82) is 0 Å². The van der Waals surface area contributed by atoms with E-state index in [1.807, 2.05) is 0 Å². The minimum absolute atomic E-state index is 0.0286. The van der Waals surface area contributed by atoms with Crippen LogP contribution in [0.1, 0.15) is 26.5 Å². The van der Waals surface area contributed by atoms with Crippen LogP contribution in [0.3, 0.4) is 0 Å². The topological polar surface area (TPSA) is 103 Å². The second kappa shape index (κ2) is 6.39. The number of rotatable bonds is 5. The predicted octanol–water partition coefficient (Wildman–Crippen LogP) is 1.70. The fourth-order valence-electron chi connectivity index (χ4n) is 2.19. The molecule has 0 spiro atoms. The number of carboxylic acids is 1. The molecule has 0 saturated heterocycles. The molecular formula is C15H17N3O5. The number of nitrogens with zero attached hydrogens (tertiary/aromatic N) is 2. The van der Waals surface area contributed by atoms with Crippen LogP contribution in [0.5, 0.6) is 11.5 Å². The van der Waals surface area contributed by atoms with Crippen molar-refractivity contribution in [2.45, 2.75) is 6.92 Å². The molecule has 0 aliphatic carbocycles. The second-order valence-electron chi connectivity index (χ2n) is 4.81. The van der Waals surface area contributed by atoms with Gasteiger partial charge in [0, 0.05) is 7.05 Å². The Kier molecular flexibility index (Phi) is 4.54. The van der Waals surface area contributed by atoms with Crippen LogP contribution < -0.4 is 14.8 Å². The van der Waals surface area contributed by atoms with Crippen molar-refractivity contribution in [3.05, 3.63) is 35.2 Å². The summed E-state index contributed by atoms with van der Waals surface area (Å²) in [6.45, 7) is 1.77. The maximum atomic E-state index is 12.4. The van der Waals surface area contributed by atoms with E-state index in [-0.39, 0.29) is 22.7 Å². The Hall–Kier alpha value is -3.03. The predicted molar refractivity (Wildman–Crippen MR) is 82.4 cm³/mol. The van der Waals surface area contributed by atoms with Gasteiger partial charge in [0.25, 0.3) is 5.91 Å². The molecule has 2 aromatic rings. The van der Waals surface area contributed by atoms with Gasteiger partial charge in [0.1, 0.15) is 5.69 Å². The van der Waals surface area contributed by atoms with Crippen LogP contribution in [0.2, 0.25) is 0 Å². The number of carbonyl (C=O) groups is 2. The highest BCUT2D eigenvalue weighted by Gasteiger charge is 2.19. The number of aromatic nitrogens is 2. The van der Waals surface area contributed by atoms with E-state index < -0.39 is 11.9 Å². The summed E-state index contributed by atoms with van der Waals surface area (Å²) in [7, 11) is 4.44. The van der Waals surface area contributed by atoms with Crippen LogP contribution >= 0.6 is 0 Å². The zero-order chi connectivity index (χ0) is 17.1. The van der Waals surface area contributed by atoms with E-state index in [9.17, 15) is 9.59 Å². The third kappa shape index (κ3) is 3.25. The van der Waals surface area contributed by atoms with Crippen molar-refractivity contribution >= 4 is 17.6 Å². The van der Waals surface area contributed by atoms with Crippen molar-refractivity contribution in [2.75, 3.05) is 19.5 Å². The number of anilines is 1. The molecule has 1 aromatic carbocycles. The molecule has 23 heavy (non-hydrogen) atoms. The Balaban J connectivity index is 2.45. The van der Waals surface area contributed by atoms with E-state index in [4.69, 9.17) is 14.6 Å². The number of aryl methyl sites for hydroxylation is 2. The molecule has 2 rings (SSSR count). The smallest absolute Gasteiger partial charge is 0.335 e. The maximum absolute atomic E-state index is 12.4. The van der Waals surface area contributed by atoms with Crippen molar-refractivity contribution < 1.29 is 24.2 Å². The fourth-order valence-corrected chi connectivity index (χ4v) is 2.19. The molecule has 0 aliphatic rings. The van der Waals surface area contributed by atoms with Gasteiger partial charge in [-0.05, 0) is 25.1 Å². The van der Waals surface area contributed by atoms with E-state index in [1.165, 1.54) is 31.0 Å². The molecule has 122 valence electrons. The second-order valence-corrected chi connectivity index (χ2v) is 4.81. The number of carboxylic acid groups (broad SMARTS) is 1. The van der Waals surface area contributed by atoms with Gasteiger partial charge in [-0.25, -0.2) is 4.79 Å². The number of methoxy groups -OCH3 is 2. The Morgan fingerprint density at radius 3 is 2.39 bits per heavy atom. The average Bonchev–Trinajstić information content (AvgIpc) is 2.84. The van der Waals surface area contributed by atoms with Crippen LogP contribution in [-0.2, 0) is 7.05 Å². The molecular weight excluding hydrogens is 302 g/mol. The zero-order valence-electron chi connectivity index (χ0n) is 13.2. The first-order valence-electron chi connectivity index (χ1n) is 6.68. The van der Waals surface area contributed by atoms with E-state index in [0.29, 0.717) is 11.4 Å². The van der Waals surface area contributed by atoms with E-state index >= 15 is 0 Å². The molecule has 0 bridgehead atoms. The first kappa shape index (κ1) is 16.3. The molecule has 0 fully saturated rings. The van der Waals surface area contributed by atoms with Gasteiger partial charge in [0.05, 0.1) is 31.2 Å². The monoisotopic (exact) mass is 319 g/mol. The molecule has 0 unspecified atom stereocenters. The highest BCUT2D eigenvalue weighted by Crippen LogP contribution is 2.36. The number of aromatic carboxylic acids is 1. The van der Waals surface area contributed by atoms with Gasteiger partial charge in [-0.2, -0.15) is 5.10 Å². The van der Waals surface area contributed by atoms with E-state index in [0.717, 1.165) is 0 Å². The lowest BCUT2D eigenvalue weighted by molar-refractivity contribution is 0.0696. The zero-order valence-corrected chi connectivity index (χ0v) is 13.2. The number of carbonyl (C=O) groups excluding carboxylic acids is 1. The van der Waals surface area contributed by atoms with Crippen molar-refractivity contribution in [1.82, 2.24) is 9.78 Å². The first-order chi connectivity index (χ1) is 10.9. The molecule has 1 aromatic heterocycles. The van der Waals surface area contributed by atoms with Crippen LogP contribution in [0.25, 0.3) is 0 Å². The van der Waals surface area contributed by atoms with Gasteiger partial charge in [-0.3, -0.25) is 9.48 Å². The summed E-state index contributed by atoms with van der Waals surface area (Å²) in [5, 5.41) is 15.9. The summed E-state index contributed by atoms with van der Waals surface area (Å²) in [5.41, 5.74) is 1.21. The number of hydrogen-bond donors (Lipinski definition) is 2. The molecule has 8 heteroatoms.